The number of sulfonamides is 1. The van der Waals surface area contributed by atoms with Gasteiger partial charge in [0, 0.05) is 25.6 Å². The maximum atomic E-state index is 12.6. The Kier molecular flexibility index (Phi) is 5.83. The number of halogens is 1. The van der Waals surface area contributed by atoms with Crippen LogP contribution in [0.25, 0.3) is 0 Å². The summed E-state index contributed by atoms with van der Waals surface area (Å²) in [7, 11) is -3.59. The number of benzene rings is 1. The van der Waals surface area contributed by atoms with Crippen LogP contribution in [0.5, 0.6) is 0 Å². The summed E-state index contributed by atoms with van der Waals surface area (Å²) >= 11 is 5.99. The van der Waals surface area contributed by atoms with Gasteiger partial charge in [0.1, 0.15) is 4.90 Å². The number of amides is 1. The highest BCUT2D eigenvalue weighted by molar-refractivity contribution is 7.89. The molecule has 0 unspecified atom stereocenters. The minimum absolute atomic E-state index is 0.0247. The molecule has 5 nitrogen and oxygen atoms in total. The fourth-order valence-electron chi connectivity index (χ4n) is 2.54. The van der Waals surface area contributed by atoms with Crippen LogP contribution < -0.4 is 5.32 Å². The van der Waals surface area contributed by atoms with Crippen molar-refractivity contribution in [2.45, 2.75) is 31.1 Å². The largest absolute Gasteiger partial charge is 0.356 e. The fourth-order valence-corrected chi connectivity index (χ4v) is 4.51. The summed E-state index contributed by atoms with van der Waals surface area (Å²) in [5, 5.41) is 3.10. The van der Waals surface area contributed by atoms with E-state index in [1.54, 1.807) is 18.2 Å². The zero-order chi connectivity index (χ0) is 16.2. The highest BCUT2D eigenvalue weighted by Gasteiger charge is 2.32. The fraction of sp³-hybridized carbons (Fsp3) is 0.533. The van der Waals surface area contributed by atoms with Crippen molar-refractivity contribution in [2.24, 2.45) is 5.92 Å². The minimum atomic E-state index is -3.59. The predicted octanol–water partition coefficient (Wildman–Crippen LogP) is 2.27. The first-order chi connectivity index (χ1) is 10.5. The van der Waals surface area contributed by atoms with E-state index in [4.69, 9.17) is 11.6 Å². The van der Waals surface area contributed by atoms with Gasteiger partial charge in [0.05, 0.1) is 5.02 Å². The van der Waals surface area contributed by atoms with Gasteiger partial charge in [-0.25, -0.2) is 8.42 Å². The van der Waals surface area contributed by atoms with Crippen LogP contribution in [0.2, 0.25) is 5.02 Å². The summed E-state index contributed by atoms with van der Waals surface area (Å²) in [5.74, 6) is -0.0825. The number of carbonyl (C=O) groups is 1. The van der Waals surface area contributed by atoms with Gasteiger partial charge in [0.2, 0.25) is 15.9 Å². The predicted molar refractivity (Wildman–Crippen MR) is 86.2 cm³/mol. The third-order valence-corrected chi connectivity index (χ3v) is 6.23. The Morgan fingerprint density at radius 1 is 1.32 bits per heavy atom. The van der Waals surface area contributed by atoms with Gasteiger partial charge < -0.3 is 5.32 Å². The average Bonchev–Trinajstić information content (AvgIpc) is 2.53. The minimum Gasteiger partial charge on any atom is -0.356 e. The van der Waals surface area contributed by atoms with Crippen molar-refractivity contribution >= 4 is 27.5 Å². The second-order valence-electron chi connectivity index (χ2n) is 5.40. The molecule has 1 aliphatic rings. The van der Waals surface area contributed by atoms with Crippen LogP contribution in [-0.4, -0.2) is 38.3 Å². The molecule has 0 atom stereocenters. The molecule has 2 rings (SSSR count). The van der Waals surface area contributed by atoms with Gasteiger partial charge in [0.25, 0.3) is 0 Å². The van der Waals surface area contributed by atoms with E-state index in [1.165, 1.54) is 10.4 Å². The molecule has 0 radical (unpaired) electrons. The second-order valence-corrected chi connectivity index (χ2v) is 7.71. The summed E-state index contributed by atoms with van der Waals surface area (Å²) in [5.41, 5.74) is 0. The molecule has 0 aliphatic carbocycles. The highest BCUT2D eigenvalue weighted by atomic mass is 35.5. The summed E-state index contributed by atoms with van der Waals surface area (Å²) in [6.45, 7) is 3.35. The Labute approximate surface area is 136 Å². The maximum Gasteiger partial charge on any atom is 0.244 e. The first kappa shape index (κ1) is 17.2. The molecule has 1 aliphatic heterocycles. The molecule has 1 aromatic carbocycles. The lowest BCUT2D eigenvalue weighted by Gasteiger charge is -2.30. The number of rotatable bonds is 5. The van der Waals surface area contributed by atoms with Gasteiger partial charge in [-0.05, 0) is 31.4 Å². The molecule has 1 N–H and O–H groups in total. The van der Waals surface area contributed by atoms with Gasteiger partial charge in [-0.15, -0.1) is 0 Å². The molecule has 0 bridgehead atoms. The lowest BCUT2D eigenvalue weighted by Crippen LogP contribution is -2.43. The van der Waals surface area contributed by atoms with Crippen molar-refractivity contribution in [3.05, 3.63) is 29.3 Å². The van der Waals surface area contributed by atoms with E-state index in [1.807, 2.05) is 6.92 Å². The topological polar surface area (TPSA) is 66.5 Å². The molecular weight excluding hydrogens is 324 g/mol. The van der Waals surface area contributed by atoms with Crippen LogP contribution in [0.1, 0.15) is 26.2 Å². The Morgan fingerprint density at radius 3 is 2.55 bits per heavy atom. The molecule has 0 saturated carbocycles. The smallest absolute Gasteiger partial charge is 0.244 e. The van der Waals surface area contributed by atoms with E-state index in [2.05, 4.69) is 5.32 Å². The van der Waals surface area contributed by atoms with Gasteiger partial charge in [-0.2, -0.15) is 4.31 Å². The quantitative estimate of drug-likeness (QED) is 0.891. The average molecular weight is 345 g/mol. The zero-order valence-electron chi connectivity index (χ0n) is 12.6. The van der Waals surface area contributed by atoms with Gasteiger partial charge >= 0.3 is 0 Å². The van der Waals surface area contributed by atoms with E-state index in [9.17, 15) is 13.2 Å². The van der Waals surface area contributed by atoms with E-state index >= 15 is 0 Å². The summed E-state index contributed by atoms with van der Waals surface area (Å²) in [6, 6.07) is 6.44. The van der Waals surface area contributed by atoms with Crippen molar-refractivity contribution in [3.63, 3.8) is 0 Å². The van der Waals surface area contributed by atoms with Crippen LogP contribution >= 0.6 is 11.6 Å². The molecular formula is C15H21ClN2O3S. The molecule has 0 aromatic heterocycles. The third-order valence-electron chi connectivity index (χ3n) is 3.83. The number of piperidine rings is 1. The molecule has 1 aromatic rings. The Bertz CT molecular complexity index is 625. The molecule has 1 saturated heterocycles. The SMILES string of the molecule is CCCNC(=O)C1CCN(S(=O)(=O)c2ccccc2Cl)CC1. The molecule has 7 heteroatoms. The zero-order valence-corrected chi connectivity index (χ0v) is 14.2. The van der Waals surface area contributed by atoms with Crippen molar-refractivity contribution in [3.8, 4) is 0 Å². The summed E-state index contributed by atoms with van der Waals surface area (Å²) in [6.07, 6.45) is 1.98. The van der Waals surface area contributed by atoms with Gasteiger partial charge in [-0.3, -0.25) is 4.79 Å². The van der Waals surface area contributed by atoms with Crippen LogP contribution in [0.3, 0.4) is 0 Å². The third kappa shape index (κ3) is 3.80. The monoisotopic (exact) mass is 344 g/mol. The van der Waals surface area contributed by atoms with Crippen molar-refractivity contribution in [1.29, 1.82) is 0 Å². The summed E-state index contributed by atoms with van der Waals surface area (Å²) in [4.78, 5) is 12.1. The summed E-state index contributed by atoms with van der Waals surface area (Å²) < 4.78 is 26.6. The molecule has 122 valence electrons. The Hall–Kier alpha value is -1.11. The number of hydrogen-bond acceptors (Lipinski definition) is 3. The van der Waals surface area contributed by atoms with Crippen molar-refractivity contribution in [1.82, 2.24) is 9.62 Å². The molecule has 0 spiro atoms. The lowest BCUT2D eigenvalue weighted by molar-refractivity contribution is -0.126. The number of carbonyl (C=O) groups excluding carboxylic acids is 1. The van der Waals surface area contributed by atoms with E-state index in [0.717, 1.165) is 6.42 Å². The molecule has 1 amide bonds. The number of nitrogens with one attached hydrogen (secondary N) is 1. The first-order valence-corrected chi connectivity index (χ1v) is 9.31. The van der Waals surface area contributed by atoms with Crippen LogP contribution in [0.4, 0.5) is 0 Å². The van der Waals surface area contributed by atoms with Crippen molar-refractivity contribution < 1.29 is 13.2 Å². The van der Waals surface area contributed by atoms with Crippen LogP contribution in [0, 0.1) is 5.92 Å². The van der Waals surface area contributed by atoms with E-state index in [-0.39, 0.29) is 21.7 Å². The van der Waals surface area contributed by atoms with Gasteiger partial charge in [0.15, 0.2) is 0 Å². The molecule has 22 heavy (non-hydrogen) atoms. The molecule has 1 fully saturated rings. The van der Waals surface area contributed by atoms with E-state index < -0.39 is 10.0 Å². The lowest BCUT2D eigenvalue weighted by atomic mass is 9.97. The highest BCUT2D eigenvalue weighted by Crippen LogP contribution is 2.28. The van der Waals surface area contributed by atoms with E-state index in [0.29, 0.717) is 32.5 Å². The Morgan fingerprint density at radius 2 is 1.95 bits per heavy atom. The number of nitrogens with zero attached hydrogens (tertiary/aromatic N) is 1. The normalized spacial score (nSPS) is 17.4. The van der Waals surface area contributed by atoms with Crippen LogP contribution in [0.15, 0.2) is 29.2 Å². The maximum absolute atomic E-state index is 12.6. The van der Waals surface area contributed by atoms with Crippen molar-refractivity contribution in [2.75, 3.05) is 19.6 Å². The first-order valence-electron chi connectivity index (χ1n) is 7.49. The standard InChI is InChI=1S/C15H21ClN2O3S/c1-2-9-17-15(19)12-7-10-18(11-8-12)22(20,21)14-6-4-3-5-13(14)16/h3-6,12H,2,7-11H2,1H3,(H,17,19). The number of hydrogen-bond donors (Lipinski definition) is 1. The van der Waals surface area contributed by atoms with Gasteiger partial charge in [-0.1, -0.05) is 30.7 Å². The van der Waals surface area contributed by atoms with Crippen LogP contribution in [-0.2, 0) is 14.8 Å². The Balaban J connectivity index is 2.02. The second kappa shape index (κ2) is 7.44. The molecule has 1 heterocycles.